The van der Waals surface area contributed by atoms with Crippen LogP contribution in [0.4, 0.5) is 5.69 Å². The number of carbonyl (C=O) groups is 1. The summed E-state index contributed by atoms with van der Waals surface area (Å²) in [5.41, 5.74) is 8.81. The molecule has 0 radical (unpaired) electrons. The normalized spacial score (nSPS) is 10.9. The molecule has 118 valence electrons. The van der Waals surface area contributed by atoms with Crippen LogP contribution >= 0.6 is 22.9 Å². The van der Waals surface area contributed by atoms with Crippen molar-refractivity contribution < 1.29 is 4.79 Å². The molecule has 0 fully saturated rings. The first-order valence-electron chi connectivity index (χ1n) is 6.86. The Morgan fingerprint density at radius 3 is 2.87 bits per heavy atom. The first-order valence-corrected chi connectivity index (χ1v) is 8.06. The minimum atomic E-state index is -0.260. The van der Waals surface area contributed by atoms with E-state index in [4.69, 9.17) is 17.3 Å². The lowest BCUT2D eigenvalue weighted by molar-refractivity contribution is 0.0955. The highest BCUT2D eigenvalue weighted by Gasteiger charge is 2.20. The first-order chi connectivity index (χ1) is 11.0. The fourth-order valence-electron chi connectivity index (χ4n) is 2.30. The molecule has 0 saturated heterocycles. The Bertz CT molecular complexity index is 894. The molecule has 6 nitrogen and oxygen atoms in total. The fraction of sp³-hybridized carbons (Fsp3) is 0.200. The number of nitrogens with two attached hydrogens (primary N) is 1. The molecule has 0 saturated carbocycles. The molecule has 3 N–H and O–H groups in total. The van der Waals surface area contributed by atoms with Gasteiger partial charge in [0.1, 0.15) is 9.71 Å². The van der Waals surface area contributed by atoms with Crippen molar-refractivity contribution in [2.75, 3.05) is 5.73 Å². The van der Waals surface area contributed by atoms with Crippen LogP contribution in [-0.4, -0.2) is 20.9 Å². The van der Waals surface area contributed by atoms with Crippen molar-refractivity contribution in [1.82, 2.24) is 20.3 Å². The van der Waals surface area contributed by atoms with Gasteiger partial charge >= 0.3 is 0 Å². The van der Waals surface area contributed by atoms with Gasteiger partial charge in [-0.25, -0.2) is 4.98 Å². The average molecular weight is 348 g/mol. The maximum absolute atomic E-state index is 12.4. The van der Waals surface area contributed by atoms with Gasteiger partial charge in [-0.1, -0.05) is 11.6 Å². The van der Waals surface area contributed by atoms with Crippen LogP contribution in [0.15, 0.2) is 18.6 Å². The summed E-state index contributed by atoms with van der Waals surface area (Å²) in [6, 6.07) is 0. The highest BCUT2D eigenvalue weighted by Crippen LogP contribution is 2.38. The van der Waals surface area contributed by atoms with Crippen molar-refractivity contribution in [3.63, 3.8) is 0 Å². The van der Waals surface area contributed by atoms with Crippen LogP contribution in [0.2, 0.25) is 5.02 Å². The van der Waals surface area contributed by atoms with Gasteiger partial charge in [0, 0.05) is 17.8 Å². The number of rotatable bonds is 3. The van der Waals surface area contributed by atoms with Gasteiger partial charge in [0.2, 0.25) is 0 Å². The maximum atomic E-state index is 12.4. The molecule has 0 aromatic carbocycles. The molecule has 1 amide bonds. The Hall–Kier alpha value is -2.25. The Kier molecular flexibility index (Phi) is 4.14. The van der Waals surface area contributed by atoms with Crippen molar-refractivity contribution >= 4 is 44.7 Å². The van der Waals surface area contributed by atoms with Crippen molar-refractivity contribution in [3.05, 3.63) is 45.4 Å². The SMILES string of the molecule is Cc1nc2sc(C(=O)NCc3cnccn3)c(N)c2c(C)c1Cl. The molecule has 3 aromatic rings. The van der Waals surface area contributed by atoms with Gasteiger partial charge in [-0.15, -0.1) is 11.3 Å². The second kappa shape index (κ2) is 6.10. The number of aryl methyl sites for hydroxylation is 2. The number of nitrogens with one attached hydrogen (secondary N) is 1. The maximum Gasteiger partial charge on any atom is 0.263 e. The van der Waals surface area contributed by atoms with E-state index in [1.54, 1.807) is 18.6 Å². The van der Waals surface area contributed by atoms with Crippen molar-refractivity contribution in [3.8, 4) is 0 Å². The van der Waals surface area contributed by atoms with Crippen LogP contribution in [0.5, 0.6) is 0 Å². The van der Waals surface area contributed by atoms with E-state index in [0.29, 0.717) is 26.1 Å². The molecule has 3 heterocycles. The Morgan fingerprint density at radius 1 is 1.39 bits per heavy atom. The van der Waals surface area contributed by atoms with Crippen molar-refractivity contribution in [2.24, 2.45) is 0 Å². The number of carbonyl (C=O) groups excluding carboxylic acids is 1. The van der Waals surface area contributed by atoms with Crippen LogP contribution in [-0.2, 0) is 6.54 Å². The number of nitrogens with zero attached hydrogens (tertiary/aromatic N) is 3. The molecule has 0 bridgehead atoms. The second-order valence-corrected chi connectivity index (χ2v) is 6.42. The monoisotopic (exact) mass is 347 g/mol. The Morgan fingerprint density at radius 2 is 2.17 bits per heavy atom. The summed E-state index contributed by atoms with van der Waals surface area (Å²) in [5, 5.41) is 4.12. The molecule has 8 heteroatoms. The lowest BCUT2D eigenvalue weighted by Crippen LogP contribution is -2.23. The zero-order chi connectivity index (χ0) is 16.6. The smallest absolute Gasteiger partial charge is 0.263 e. The number of aromatic nitrogens is 3. The van der Waals surface area contributed by atoms with Crippen LogP contribution in [0, 0.1) is 13.8 Å². The molecule has 23 heavy (non-hydrogen) atoms. The van der Waals surface area contributed by atoms with E-state index in [0.717, 1.165) is 16.6 Å². The first kappa shape index (κ1) is 15.6. The molecule has 0 atom stereocenters. The lowest BCUT2D eigenvalue weighted by atomic mass is 10.1. The summed E-state index contributed by atoms with van der Waals surface area (Å²) in [4.78, 5) is 26.0. The molecule has 0 aliphatic heterocycles. The van der Waals surface area contributed by atoms with Gasteiger partial charge in [0.05, 0.1) is 34.8 Å². The van der Waals surface area contributed by atoms with Gasteiger partial charge in [-0.2, -0.15) is 0 Å². The second-order valence-electron chi connectivity index (χ2n) is 5.04. The zero-order valence-electron chi connectivity index (χ0n) is 12.6. The molecular formula is C15H14ClN5OS. The number of halogens is 1. The number of amides is 1. The Labute approximate surface area is 141 Å². The summed E-state index contributed by atoms with van der Waals surface area (Å²) >= 11 is 7.49. The summed E-state index contributed by atoms with van der Waals surface area (Å²) < 4.78 is 0. The minimum absolute atomic E-state index is 0.260. The largest absolute Gasteiger partial charge is 0.397 e. The van der Waals surface area contributed by atoms with Gasteiger partial charge in [-0.3, -0.25) is 14.8 Å². The van der Waals surface area contributed by atoms with E-state index in [1.807, 2.05) is 13.8 Å². The average Bonchev–Trinajstić information content (AvgIpc) is 2.88. The van der Waals surface area contributed by atoms with Crippen molar-refractivity contribution in [1.29, 1.82) is 0 Å². The zero-order valence-corrected chi connectivity index (χ0v) is 14.1. The minimum Gasteiger partial charge on any atom is -0.397 e. The van der Waals surface area contributed by atoms with Crippen LogP contribution in [0.25, 0.3) is 10.2 Å². The third-order valence-electron chi connectivity index (χ3n) is 3.47. The van der Waals surface area contributed by atoms with E-state index >= 15 is 0 Å². The van der Waals surface area contributed by atoms with Gasteiger partial charge in [-0.05, 0) is 19.4 Å². The predicted octanol–water partition coefficient (Wildman–Crippen LogP) is 2.87. The van der Waals surface area contributed by atoms with E-state index in [1.165, 1.54) is 11.3 Å². The topological polar surface area (TPSA) is 93.8 Å². The van der Waals surface area contributed by atoms with Crippen molar-refractivity contribution in [2.45, 2.75) is 20.4 Å². The number of nitrogen functional groups attached to an aromatic ring is 1. The van der Waals surface area contributed by atoms with Crippen LogP contribution < -0.4 is 11.1 Å². The Balaban J connectivity index is 1.92. The number of fused-ring (bicyclic) bond motifs is 1. The van der Waals surface area contributed by atoms with E-state index in [-0.39, 0.29) is 12.5 Å². The standard InChI is InChI=1S/C15H14ClN5OS/c1-7-10-12(17)13(23-15(10)21-8(2)11(7)16)14(22)20-6-9-5-18-3-4-19-9/h3-5H,6,17H2,1-2H3,(H,20,22). The van der Waals surface area contributed by atoms with Crippen LogP contribution in [0.1, 0.15) is 26.6 Å². The summed E-state index contributed by atoms with van der Waals surface area (Å²) in [5.74, 6) is -0.260. The number of anilines is 1. The molecule has 3 aromatic heterocycles. The van der Waals surface area contributed by atoms with E-state index in [2.05, 4.69) is 20.3 Å². The third-order valence-corrected chi connectivity index (χ3v) is 5.13. The van der Waals surface area contributed by atoms with E-state index in [9.17, 15) is 4.79 Å². The molecule has 3 rings (SSSR count). The summed E-state index contributed by atoms with van der Waals surface area (Å²) in [7, 11) is 0. The van der Waals surface area contributed by atoms with Crippen LogP contribution in [0.3, 0.4) is 0 Å². The van der Waals surface area contributed by atoms with Gasteiger partial charge < -0.3 is 11.1 Å². The number of hydrogen-bond acceptors (Lipinski definition) is 6. The molecule has 0 spiro atoms. The molecule has 0 unspecified atom stereocenters. The number of hydrogen-bond donors (Lipinski definition) is 2. The van der Waals surface area contributed by atoms with Gasteiger partial charge in [0.15, 0.2) is 0 Å². The van der Waals surface area contributed by atoms with Gasteiger partial charge in [0.25, 0.3) is 5.91 Å². The summed E-state index contributed by atoms with van der Waals surface area (Å²) in [6.07, 6.45) is 4.76. The summed E-state index contributed by atoms with van der Waals surface area (Å²) in [6.45, 7) is 3.99. The predicted molar refractivity (Wildman–Crippen MR) is 91.7 cm³/mol. The van der Waals surface area contributed by atoms with E-state index < -0.39 is 0 Å². The third kappa shape index (κ3) is 2.85. The molecular weight excluding hydrogens is 334 g/mol. The lowest BCUT2D eigenvalue weighted by Gasteiger charge is -2.05. The molecule has 0 aliphatic carbocycles. The molecule has 0 aliphatic rings. The highest BCUT2D eigenvalue weighted by atomic mass is 35.5. The number of pyridine rings is 1. The highest BCUT2D eigenvalue weighted by molar-refractivity contribution is 7.21. The fourth-order valence-corrected chi connectivity index (χ4v) is 3.55. The number of thiophene rings is 1. The quantitative estimate of drug-likeness (QED) is 0.759.